The van der Waals surface area contributed by atoms with E-state index in [1.165, 1.54) is 11.3 Å². The fourth-order valence-electron chi connectivity index (χ4n) is 2.06. The van der Waals surface area contributed by atoms with Crippen molar-refractivity contribution >= 4 is 17.3 Å². The molecule has 0 unspecified atom stereocenters. The predicted molar refractivity (Wildman–Crippen MR) is 73.0 cm³/mol. The minimum absolute atomic E-state index is 0.325. The van der Waals surface area contributed by atoms with Gasteiger partial charge < -0.3 is 9.84 Å². The van der Waals surface area contributed by atoms with E-state index in [9.17, 15) is 9.90 Å². The summed E-state index contributed by atoms with van der Waals surface area (Å²) in [5, 5.41) is 9.99. The number of methoxy groups -OCH3 is 1. The zero-order valence-corrected chi connectivity index (χ0v) is 11.2. The summed E-state index contributed by atoms with van der Waals surface area (Å²) in [6.45, 7) is 0. The molecule has 0 radical (unpaired) electrons. The first kappa shape index (κ1) is 12.2. The van der Waals surface area contributed by atoms with Crippen LogP contribution in [0.5, 0.6) is 5.75 Å². The first-order valence-electron chi connectivity index (χ1n) is 6.08. The number of hydrogen-bond acceptors (Lipinski definition) is 4. The third-order valence-electron chi connectivity index (χ3n) is 3.15. The van der Waals surface area contributed by atoms with Crippen molar-refractivity contribution < 1.29 is 14.6 Å². The van der Waals surface area contributed by atoms with E-state index in [4.69, 9.17) is 4.74 Å². The van der Waals surface area contributed by atoms with Crippen LogP contribution in [-0.4, -0.2) is 23.2 Å². The van der Waals surface area contributed by atoms with Crippen LogP contribution in [0.3, 0.4) is 0 Å². The first-order valence-corrected chi connectivity index (χ1v) is 6.89. The molecule has 1 aromatic heterocycles. The van der Waals surface area contributed by atoms with Gasteiger partial charge in [-0.15, -0.1) is 11.3 Å². The Kier molecular flexibility index (Phi) is 2.98. The van der Waals surface area contributed by atoms with Gasteiger partial charge >= 0.3 is 5.97 Å². The maximum atomic E-state index is 11.3. The van der Waals surface area contributed by atoms with Gasteiger partial charge in [0.25, 0.3) is 0 Å². The smallest absolute Gasteiger partial charge is 0.347 e. The first-order chi connectivity index (χ1) is 9.20. The summed E-state index contributed by atoms with van der Waals surface area (Å²) in [6, 6.07) is 7.54. The summed E-state index contributed by atoms with van der Waals surface area (Å²) in [4.78, 5) is 16.2. The average Bonchev–Trinajstić information content (AvgIpc) is 3.17. The Morgan fingerprint density at radius 3 is 2.79 bits per heavy atom. The lowest BCUT2D eigenvalue weighted by molar-refractivity contribution is 0.0700. The topological polar surface area (TPSA) is 59.4 Å². The molecule has 4 nitrogen and oxygen atoms in total. The van der Waals surface area contributed by atoms with Crippen LogP contribution in [0.15, 0.2) is 24.3 Å². The summed E-state index contributed by atoms with van der Waals surface area (Å²) >= 11 is 1.23. The third-order valence-corrected chi connectivity index (χ3v) is 4.24. The molecule has 0 atom stereocenters. The number of thiazole rings is 1. The van der Waals surface area contributed by atoms with Crippen LogP contribution in [0.4, 0.5) is 0 Å². The van der Waals surface area contributed by atoms with Gasteiger partial charge in [-0.1, -0.05) is 12.1 Å². The molecule has 0 spiro atoms. The highest BCUT2D eigenvalue weighted by atomic mass is 32.1. The van der Waals surface area contributed by atoms with Gasteiger partial charge in [0, 0.05) is 5.92 Å². The van der Waals surface area contributed by atoms with Gasteiger partial charge in [-0.05, 0) is 25.0 Å². The quantitative estimate of drug-likeness (QED) is 0.929. The minimum atomic E-state index is -0.888. The number of hydrogen-bond donors (Lipinski definition) is 1. The van der Waals surface area contributed by atoms with Gasteiger partial charge in [0.2, 0.25) is 0 Å². The lowest BCUT2D eigenvalue weighted by atomic mass is 10.2. The average molecular weight is 275 g/mol. The molecule has 0 saturated heterocycles. The Hall–Kier alpha value is -1.88. The molecule has 0 bridgehead atoms. The normalized spacial score (nSPS) is 14.4. The van der Waals surface area contributed by atoms with Gasteiger partial charge in [0.15, 0.2) is 0 Å². The zero-order valence-electron chi connectivity index (χ0n) is 10.4. The van der Waals surface area contributed by atoms with Gasteiger partial charge in [-0.2, -0.15) is 0 Å². The van der Waals surface area contributed by atoms with E-state index in [1.54, 1.807) is 7.11 Å². The molecule has 5 heteroatoms. The lowest BCUT2D eigenvalue weighted by Gasteiger charge is -2.04. The molecular weight excluding hydrogens is 262 g/mol. The second-order valence-electron chi connectivity index (χ2n) is 4.51. The number of carboxylic acid groups (broad SMARTS) is 1. The van der Waals surface area contributed by atoms with Crippen molar-refractivity contribution in [2.45, 2.75) is 18.8 Å². The number of aromatic carboxylic acids is 1. The van der Waals surface area contributed by atoms with E-state index in [1.807, 2.05) is 24.3 Å². The number of carboxylic acids is 1. The Morgan fingerprint density at radius 1 is 1.42 bits per heavy atom. The highest BCUT2D eigenvalue weighted by Crippen LogP contribution is 2.45. The molecule has 98 valence electrons. The van der Waals surface area contributed by atoms with Crippen LogP contribution >= 0.6 is 11.3 Å². The van der Waals surface area contributed by atoms with Crippen LogP contribution in [0.1, 0.15) is 34.1 Å². The molecule has 1 aliphatic rings. The standard InChI is InChI=1S/C14H13NO3S/c1-18-10-5-3-2-4-9(10)13-15-11(8-6-7-8)12(19-13)14(16)17/h2-5,8H,6-7H2,1H3,(H,16,17). The van der Waals surface area contributed by atoms with E-state index in [0.717, 1.165) is 34.9 Å². The Morgan fingerprint density at radius 2 is 2.16 bits per heavy atom. The number of para-hydroxylation sites is 1. The third kappa shape index (κ3) is 2.21. The van der Waals surface area contributed by atoms with Crippen molar-refractivity contribution in [2.75, 3.05) is 7.11 Å². The fraction of sp³-hybridized carbons (Fsp3) is 0.286. The van der Waals surface area contributed by atoms with Crippen LogP contribution in [0.25, 0.3) is 10.6 Å². The van der Waals surface area contributed by atoms with Crippen molar-refractivity contribution in [1.82, 2.24) is 4.98 Å². The molecule has 1 aliphatic carbocycles. The molecule has 1 fully saturated rings. The number of aromatic nitrogens is 1. The van der Waals surface area contributed by atoms with E-state index in [-0.39, 0.29) is 0 Å². The van der Waals surface area contributed by atoms with E-state index in [0.29, 0.717) is 10.8 Å². The Balaban J connectivity index is 2.10. The van der Waals surface area contributed by atoms with Crippen LogP contribution in [0, 0.1) is 0 Å². The number of benzene rings is 1. The van der Waals surface area contributed by atoms with Crippen molar-refractivity contribution in [3.05, 3.63) is 34.8 Å². The van der Waals surface area contributed by atoms with E-state index in [2.05, 4.69) is 4.98 Å². The molecule has 1 heterocycles. The summed E-state index contributed by atoms with van der Waals surface area (Å²) in [5.41, 5.74) is 1.59. The number of ether oxygens (including phenoxy) is 1. The molecule has 3 rings (SSSR count). The van der Waals surface area contributed by atoms with Crippen LogP contribution in [0.2, 0.25) is 0 Å². The van der Waals surface area contributed by atoms with E-state index >= 15 is 0 Å². The predicted octanol–water partition coefficient (Wildman–Crippen LogP) is 3.39. The number of rotatable bonds is 4. The van der Waals surface area contributed by atoms with Crippen LogP contribution in [-0.2, 0) is 0 Å². The SMILES string of the molecule is COc1ccccc1-c1nc(C2CC2)c(C(=O)O)s1. The van der Waals surface area contributed by atoms with Gasteiger partial charge in [0.1, 0.15) is 15.6 Å². The summed E-state index contributed by atoms with van der Waals surface area (Å²) in [5.74, 6) is 0.155. The summed E-state index contributed by atoms with van der Waals surface area (Å²) in [7, 11) is 1.60. The van der Waals surface area contributed by atoms with Crippen LogP contribution < -0.4 is 4.74 Å². The summed E-state index contributed by atoms with van der Waals surface area (Å²) < 4.78 is 5.30. The van der Waals surface area contributed by atoms with Crippen molar-refractivity contribution in [2.24, 2.45) is 0 Å². The maximum absolute atomic E-state index is 11.3. The molecular formula is C14H13NO3S. The molecule has 19 heavy (non-hydrogen) atoms. The van der Waals surface area contributed by atoms with Gasteiger partial charge in [0.05, 0.1) is 18.4 Å². The van der Waals surface area contributed by atoms with Gasteiger partial charge in [-0.25, -0.2) is 9.78 Å². The highest BCUT2D eigenvalue weighted by Gasteiger charge is 2.32. The number of nitrogens with zero attached hydrogens (tertiary/aromatic N) is 1. The van der Waals surface area contributed by atoms with E-state index < -0.39 is 5.97 Å². The summed E-state index contributed by atoms with van der Waals surface area (Å²) in [6.07, 6.45) is 2.07. The zero-order chi connectivity index (χ0) is 13.4. The second kappa shape index (κ2) is 4.66. The molecule has 1 saturated carbocycles. The second-order valence-corrected chi connectivity index (χ2v) is 5.51. The Bertz CT molecular complexity index is 631. The van der Waals surface area contributed by atoms with Gasteiger partial charge in [-0.3, -0.25) is 0 Å². The van der Waals surface area contributed by atoms with Crippen molar-refractivity contribution in [3.8, 4) is 16.3 Å². The monoisotopic (exact) mass is 275 g/mol. The molecule has 1 aromatic carbocycles. The maximum Gasteiger partial charge on any atom is 0.347 e. The molecule has 0 amide bonds. The highest BCUT2D eigenvalue weighted by molar-refractivity contribution is 7.17. The molecule has 2 aromatic rings. The Labute approximate surface area is 114 Å². The molecule has 1 N–H and O–H groups in total. The largest absolute Gasteiger partial charge is 0.496 e. The van der Waals surface area contributed by atoms with Crippen molar-refractivity contribution in [3.63, 3.8) is 0 Å². The lowest BCUT2D eigenvalue weighted by Crippen LogP contribution is -1.97. The minimum Gasteiger partial charge on any atom is -0.496 e. The number of carbonyl (C=O) groups is 1. The molecule has 0 aliphatic heterocycles. The van der Waals surface area contributed by atoms with Crippen molar-refractivity contribution in [1.29, 1.82) is 0 Å². The fourth-order valence-corrected chi connectivity index (χ4v) is 3.08.